The van der Waals surface area contributed by atoms with Gasteiger partial charge in [0.15, 0.2) is 0 Å². The van der Waals surface area contributed by atoms with Crippen LogP contribution in [0, 0.1) is 6.92 Å². The van der Waals surface area contributed by atoms with Crippen molar-refractivity contribution in [2.75, 3.05) is 19.6 Å². The first-order valence-corrected chi connectivity index (χ1v) is 6.02. The zero-order valence-corrected chi connectivity index (χ0v) is 9.85. The molecule has 0 N–H and O–H groups in total. The molecule has 16 heavy (non-hydrogen) atoms. The minimum atomic E-state index is 0.0111. The van der Waals surface area contributed by atoms with Crippen molar-refractivity contribution in [1.29, 1.82) is 0 Å². The summed E-state index contributed by atoms with van der Waals surface area (Å²) in [5.41, 5.74) is 0.941. The van der Waals surface area contributed by atoms with Gasteiger partial charge in [-0.3, -0.25) is 4.79 Å². The lowest BCUT2D eigenvalue weighted by Crippen LogP contribution is -2.35. The third kappa shape index (κ3) is 2.92. The number of piperidine rings is 1. The summed E-state index contributed by atoms with van der Waals surface area (Å²) in [4.78, 5) is 14.0. The summed E-state index contributed by atoms with van der Waals surface area (Å²) in [7, 11) is 0. The molecule has 1 saturated heterocycles. The highest BCUT2D eigenvalue weighted by molar-refractivity contribution is 5.02. The predicted octanol–water partition coefficient (Wildman–Crippen LogP) is 1.04. The molecule has 4 heteroatoms. The van der Waals surface area contributed by atoms with Gasteiger partial charge in [0, 0.05) is 12.6 Å². The van der Waals surface area contributed by atoms with Crippen LogP contribution in [0.5, 0.6) is 0 Å². The highest BCUT2D eigenvalue weighted by atomic mass is 16.1. The van der Waals surface area contributed by atoms with Gasteiger partial charge in [0.25, 0.3) is 5.56 Å². The van der Waals surface area contributed by atoms with Crippen molar-refractivity contribution in [3.8, 4) is 0 Å². The average molecular weight is 221 g/mol. The molecule has 4 nitrogen and oxygen atoms in total. The van der Waals surface area contributed by atoms with Gasteiger partial charge in [0.1, 0.15) is 0 Å². The van der Waals surface area contributed by atoms with Crippen LogP contribution in [0.4, 0.5) is 0 Å². The van der Waals surface area contributed by atoms with Crippen molar-refractivity contribution < 1.29 is 0 Å². The molecule has 0 saturated carbocycles. The molecule has 0 bridgehead atoms. The van der Waals surface area contributed by atoms with Crippen LogP contribution in [0.1, 0.15) is 24.8 Å². The van der Waals surface area contributed by atoms with Crippen molar-refractivity contribution in [2.45, 2.75) is 32.7 Å². The van der Waals surface area contributed by atoms with Gasteiger partial charge in [-0.25, -0.2) is 4.68 Å². The molecule has 2 rings (SSSR count). The highest BCUT2D eigenvalue weighted by Crippen LogP contribution is 2.07. The fourth-order valence-corrected chi connectivity index (χ4v) is 2.11. The monoisotopic (exact) mass is 221 g/mol. The topological polar surface area (TPSA) is 38.1 Å². The molecule has 0 aliphatic carbocycles. The normalized spacial score (nSPS) is 17.6. The largest absolute Gasteiger partial charge is 0.301 e. The van der Waals surface area contributed by atoms with Crippen molar-refractivity contribution in [1.82, 2.24) is 14.7 Å². The van der Waals surface area contributed by atoms with E-state index in [2.05, 4.69) is 10.00 Å². The molecule has 1 aromatic heterocycles. The summed E-state index contributed by atoms with van der Waals surface area (Å²) in [6.45, 7) is 5.87. The Kier molecular flexibility index (Phi) is 3.72. The molecule has 0 spiro atoms. The van der Waals surface area contributed by atoms with Crippen LogP contribution in [-0.4, -0.2) is 34.3 Å². The standard InChI is InChI=1S/C12H19N3O/c1-11-9-12(16)15(13-10-11)8-7-14-5-3-2-4-6-14/h9-10H,2-8H2,1H3. The number of aryl methyl sites for hydroxylation is 1. The smallest absolute Gasteiger partial charge is 0.267 e. The summed E-state index contributed by atoms with van der Waals surface area (Å²) < 4.78 is 1.56. The molecule has 0 radical (unpaired) electrons. The van der Waals surface area contributed by atoms with E-state index in [1.807, 2.05) is 6.92 Å². The van der Waals surface area contributed by atoms with Crippen LogP contribution in [0.15, 0.2) is 17.1 Å². The number of hydrogen-bond acceptors (Lipinski definition) is 3. The van der Waals surface area contributed by atoms with Gasteiger partial charge in [-0.15, -0.1) is 0 Å². The Morgan fingerprint density at radius 3 is 2.69 bits per heavy atom. The Morgan fingerprint density at radius 2 is 2.00 bits per heavy atom. The van der Waals surface area contributed by atoms with Gasteiger partial charge < -0.3 is 4.90 Å². The van der Waals surface area contributed by atoms with Crippen LogP contribution >= 0.6 is 0 Å². The Labute approximate surface area is 95.9 Å². The van der Waals surface area contributed by atoms with Crippen LogP contribution in [0.3, 0.4) is 0 Å². The minimum Gasteiger partial charge on any atom is -0.301 e. The molecule has 1 aliphatic heterocycles. The second-order valence-electron chi connectivity index (χ2n) is 4.50. The Morgan fingerprint density at radius 1 is 1.25 bits per heavy atom. The first kappa shape index (κ1) is 11.3. The van der Waals surface area contributed by atoms with Crippen molar-refractivity contribution in [3.63, 3.8) is 0 Å². The first-order chi connectivity index (χ1) is 7.75. The third-order valence-electron chi connectivity index (χ3n) is 3.08. The number of nitrogens with zero attached hydrogens (tertiary/aromatic N) is 3. The number of likely N-dealkylation sites (tertiary alicyclic amines) is 1. The maximum absolute atomic E-state index is 11.6. The highest BCUT2D eigenvalue weighted by Gasteiger charge is 2.09. The summed E-state index contributed by atoms with van der Waals surface area (Å²) in [6, 6.07) is 1.64. The quantitative estimate of drug-likeness (QED) is 0.765. The van der Waals surface area contributed by atoms with E-state index in [9.17, 15) is 4.79 Å². The van der Waals surface area contributed by atoms with E-state index >= 15 is 0 Å². The minimum absolute atomic E-state index is 0.0111. The molecule has 1 aliphatic rings. The molecular formula is C12H19N3O. The number of rotatable bonds is 3. The molecule has 0 unspecified atom stereocenters. The van der Waals surface area contributed by atoms with E-state index < -0.39 is 0 Å². The fourth-order valence-electron chi connectivity index (χ4n) is 2.11. The van der Waals surface area contributed by atoms with Crippen molar-refractivity contribution >= 4 is 0 Å². The molecule has 1 fully saturated rings. The lowest BCUT2D eigenvalue weighted by atomic mass is 10.1. The Balaban J connectivity index is 1.91. The SMILES string of the molecule is Cc1cnn(CCN2CCCCC2)c(=O)c1. The Hall–Kier alpha value is -1.16. The average Bonchev–Trinajstić information content (AvgIpc) is 2.29. The summed E-state index contributed by atoms with van der Waals surface area (Å²) >= 11 is 0. The van der Waals surface area contributed by atoms with Gasteiger partial charge >= 0.3 is 0 Å². The lowest BCUT2D eigenvalue weighted by molar-refractivity contribution is 0.216. The van der Waals surface area contributed by atoms with Crippen LogP contribution in [0.2, 0.25) is 0 Å². The summed E-state index contributed by atoms with van der Waals surface area (Å²) in [5, 5.41) is 4.14. The van der Waals surface area contributed by atoms with Crippen molar-refractivity contribution in [2.24, 2.45) is 0 Å². The lowest BCUT2D eigenvalue weighted by Gasteiger charge is -2.26. The molecule has 88 valence electrons. The number of hydrogen-bond donors (Lipinski definition) is 0. The number of aromatic nitrogens is 2. The molecule has 1 aromatic rings. The molecule has 2 heterocycles. The zero-order valence-electron chi connectivity index (χ0n) is 9.85. The van der Waals surface area contributed by atoms with Crippen molar-refractivity contribution in [3.05, 3.63) is 28.2 Å². The van der Waals surface area contributed by atoms with E-state index in [1.54, 1.807) is 16.9 Å². The third-order valence-corrected chi connectivity index (χ3v) is 3.08. The molecule has 0 atom stereocenters. The second-order valence-corrected chi connectivity index (χ2v) is 4.50. The van der Waals surface area contributed by atoms with Gasteiger partial charge in [-0.1, -0.05) is 6.42 Å². The summed E-state index contributed by atoms with van der Waals surface area (Å²) in [6.07, 6.45) is 5.67. The van der Waals surface area contributed by atoms with E-state index in [0.29, 0.717) is 6.54 Å². The molecule has 0 aromatic carbocycles. The van der Waals surface area contributed by atoms with Gasteiger partial charge in [0.2, 0.25) is 0 Å². The molecule has 0 amide bonds. The van der Waals surface area contributed by atoms with Gasteiger partial charge in [-0.05, 0) is 38.4 Å². The van der Waals surface area contributed by atoms with E-state index in [-0.39, 0.29) is 5.56 Å². The van der Waals surface area contributed by atoms with Gasteiger partial charge in [-0.2, -0.15) is 5.10 Å². The van der Waals surface area contributed by atoms with Crippen LogP contribution in [-0.2, 0) is 6.54 Å². The summed E-state index contributed by atoms with van der Waals surface area (Å²) in [5.74, 6) is 0. The molecular weight excluding hydrogens is 202 g/mol. The van der Waals surface area contributed by atoms with E-state index in [1.165, 1.54) is 32.4 Å². The fraction of sp³-hybridized carbons (Fsp3) is 0.667. The van der Waals surface area contributed by atoms with Crippen LogP contribution < -0.4 is 5.56 Å². The van der Waals surface area contributed by atoms with Crippen LogP contribution in [0.25, 0.3) is 0 Å². The zero-order chi connectivity index (χ0) is 11.4. The van der Waals surface area contributed by atoms with E-state index in [0.717, 1.165) is 12.1 Å². The maximum atomic E-state index is 11.6. The van der Waals surface area contributed by atoms with Gasteiger partial charge in [0.05, 0.1) is 12.7 Å². The first-order valence-electron chi connectivity index (χ1n) is 6.02. The predicted molar refractivity (Wildman–Crippen MR) is 63.5 cm³/mol. The second kappa shape index (κ2) is 5.25. The Bertz CT molecular complexity index is 393. The van der Waals surface area contributed by atoms with E-state index in [4.69, 9.17) is 0 Å². The maximum Gasteiger partial charge on any atom is 0.267 e.